The molecule has 154 valence electrons. The molecule has 0 fully saturated rings. The quantitative estimate of drug-likeness (QED) is 0.597. The van der Waals surface area contributed by atoms with Crippen LogP contribution in [0.25, 0.3) is 10.2 Å². The number of carbonyl (C=O) groups excluding carboxylic acids is 1. The number of benzene rings is 2. The van der Waals surface area contributed by atoms with E-state index in [0.717, 1.165) is 10.2 Å². The van der Waals surface area contributed by atoms with Crippen LogP contribution in [0.1, 0.15) is 24.0 Å². The molecule has 29 heavy (non-hydrogen) atoms. The number of amides is 1. The van der Waals surface area contributed by atoms with Crippen molar-refractivity contribution in [2.45, 2.75) is 31.6 Å². The van der Waals surface area contributed by atoms with Crippen LogP contribution in [0.3, 0.4) is 0 Å². The van der Waals surface area contributed by atoms with Crippen LogP contribution in [-0.2, 0) is 21.7 Å². The third-order valence-electron chi connectivity index (χ3n) is 4.87. The molecule has 8 heteroatoms. The highest BCUT2D eigenvalue weighted by molar-refractivity contribution is 7.91. The molecule has 0 aliphatic heterocycles. The third kappa shape index (κ3) is 4.76. The number of nitrogens with zero attached hydrogens (tertiary/aromatic N) is 2. The standard InChI is InChI=1S/C21H24N2O4S2/c1-14-12-18-19(13-15(14)2)28-21(23(18)3)22-20(24)6-5-11-29(25,26)17-9-7-16(27-4)8-10-17/h7-10,12-13H,5-6,11H2,1-4H3. The molecule has 0 unspecified atom stereocenters. The number of sulfone groups is 1. The average molecular weight is 433 g/mol. The number of ether oxygens (including phenoxy) is 1. The molecular formula is C21H24N2O4S2. The lowest BCUT2D eigenvalue weighted by Crippen LogP contribution is -2.14. The second kappa shape index (κ2) is 8.51. The zero-order valence-corrected chi connectivity index (χ0v) is 18.6. The fourth-order valence-electron chi connectivity index (χ4n) is 2.96. The number of carbonyl (C=O) groups is 1. The number of rotatable bonds is 6. The SMILES string of the molecule is COc1ccc(S(=O)(=O)CCCC(=O)N=c2sc3cc(C)c(C)cc3n2C)cc1. The molecule has 0 aliphatic carbocycles. The van der Waals surface area contributed by atoms with Crippen molar-refractivity contribution in [3.63, 3.8) is 0 Å². The molecule has 1 amide bonds. The minimum Gasteiger partial charge on any atom is -0.497 e. The summed E-state index contributed by atoms with van der Waals surface area (Å²) in [6.45, 7) is 4.11. The van der Waals surface area contributed by atoms with Crippen molar-refractivity contribution >= 4 is 37.3 Å². The Hall–Kier alpha value is -2.45. The molecule has 6 nitrogen and oxygen atoms in total. The van der Waals surface area contributed by atoms with Gasteiger partial charge in [-0.2, -0.15) is 4.99 Å². The van der Waals surface area contributed by atoms with E-state index in [0.29, 0.717) is 10.6 Å². The fourth-order valence-corrected chi connectivity index (χ4v) is 5.39. The van der Waals surface area contributed by atoms with E-state index >= 15 is 0 Å². The maximum absolute atomic E-state index is 12.4. The Kier molecular flexibility index (Phi) is 6.24. The van der Waals surface area contributed by atoms with Crippen molar-refractivity contribution < 1.29 is 17.9 Å². The first-order chi connectivity index (χ1) is 13.7. The van der Waals surface area contributed by atoms with Gasteiger partial charge < -0.3 is 9.30 Å². The molecule has 3 rings (SSSR count). The van der Waals surface area contributed by atoms with E-state index in [1.807, 2.05) is 11.6 Å². The summed E-state index contributed by atoms with van der Waals surface area (Å²) in [5.41, 5.74) is 3.42. The molecule has 2 aromatic carbocycles. The van der Waals surface area contributed by atoms with Gasteiger partial charge in [0.2, 0.25) is 5.91 Å². The highest BCUT2D eigenvalue weighted by atomic mass is 32.2. The highest BCUT2D eigenvalue weighted by Gasteiger charge is 2.15. The van der Waals surface area contributed by atoms with E-state index in [-0.39, 0.29) is 29.4 Å². The molecule has 1 heterocycles. The van der Waals surface area contributed by atoms with Crippen molar-refractivity contribution in [1.29, 1.82) is 0 Å². The van der Waals surface area contributed by atoms with Gasteiger partial charge in [-0.15, -0.1) is 0 Å². The summed E-state index contributed by atoms with van der Waals surface area (Å²) in [6.07, 6.45) is 0.311. The van der Waals surface area contributed by atoms with Gasteiger partial charge in [-0.05, 0) is 67.8 Å². The van der Waals surface area contributed by atoms with Gasteiger partial charge in [0, 0.05) is 13.5 Å². The molecule has 3 aromatic rings. The number of hydrogen-bond donors (Lipinski definition) is 0. The van der Waals surface area contributed by atoms with E-state index in [1.165, 1.54) is 41.7 Å². The van der Waals surface area contributed by atoms with Crippen LogP contribution in [0.2, 0.25) is 0 Å². The largest absolute Gasteiger partial charge is 0.497 e. The minimum atomic E-state index is -3.44. The number of thiazole rings is 1. The van der Waals surface area contributed by atoms with Crippen molar-refractivity contribution in [2.24, 2.45) is 12.0 Å². The molecule has 0 saturated carbocycles. The number of fused-ring (bicyclic) bond motifs is 1. The Morgan fingerprint density at radius 2 is 1.79 bits per heavy atom. The van der Waals surface area contributed by atoms with Crippen molar-refractivity contribution in [3.05, 3.63) is 52.3 Å². The van der Waals surface area contributed by atoms with E-state index in [2.05, 4.69) is 31.0 Å². The number of aryl methyl sites for hydroxylation is 3. The average Bonchev–Trinajstić information content (AvgIpc) is 2.97. The lowest BCUT2D eigenvalue weighted by molar-refractivity contribution is -0.118. The van der Waals surface area contributed by atoms with Crippen molar-refractivity contribution in [3.8, 4) is 5.75 Å². The monoisotopic (exact) mass is 432 g/mol. The topological polar surface area (TPSA) is 77.7 Å². The highest BCUT2D eigenvalue weighted by Crippen LogP contribution is 2.21. The first-order valence-corrected chi connectivity index (χ1v) is 11.7. The van der Waals surface area contributed by atoms with Crippen LogP contribution in [-0.4, -0.2) is 31.8 Å². The van der Waals surface area contributed by atoms with Crippen LogP contribution < -0.4 is 9.54 Å². The maximum Gasteiger partial charge on any atom is 0.248 e. The Bertz CT molecular complexity index is 1220. The predicted molar refractivity (Wildman–Crippen MR) is 115 cm³/mol. The summed E-state index contributed by atoms with van der Waals surface area (Å²) in [5, 5.41) is 0. The van der Waals surface area contributed by atoms with Gasteiger partial charge in [0.15, 0.2) is 14.6 Å². The Morgan fingerprint density at radius 3 is 2.45 bits per heavy atom. The Morgan fingerprint density at radius 1 is 1.14 bits per heavy atom. The lowest BCUT2D eigenvalue weighted by Gasteiger charge is -2.05. The smallest absolute Gasteiger partial charge is 0.248 e. The molecule has 0 atom stereocenters. The fraction of sp³-hybridized carbons (Fsp3) is 0.333. The van der Waals surface area contributed by atoms with Crippen molar-refractivity contribution in [2.75, 3.05) is 12.9 Å². The Labute approximate surface area is 174 Å². The van der Waals surface area contributed by atoms with E-state index < -0.39 is 9.84 Å². The summed E-state index contributed by atoms with van der Waals surface area (Å²) in [7, 11) is -0.0359. The van der Waals surface area contributed by atoms with Crippen molar-refractivity contribution in [1.82, 2.24) is 4.57 Å². The van der Waals surface area contributed by atoms with Crippen LogP contribution >= 0.6 is 11.3 Å². The van der Waals surface area contributed by atoms with Crippen LogP contribution in [0.15, 0.2) is 46.3 Å². The van der Waals surface area contributed by atoms with Crippen LogP contribution in [0.5, 0.6) is 5.75 Å². The van der Waals surface area contributed by atoms with E-state index in [4.69, 9.17) is 4.74 Å². The summed E-state index contributed by atoms with van der Waals surface area (Å²) in [6, 6.07) is 10.4. The molecule has 0 aliphatic rings. The lowest BCUT2D eigenvalue weighted by atomic mass is 10.1. The molecule has 1 aromatic heterocycles. The van der Waals surface area contributed by atoms with Gasteiger partial charge in [0.05, 0.1) is 28.0 Å². The molecule has 0 saturated heterocycles. The predicted octanol–water partition coefficient (Wildman–Crippen LogP) is 3.55. The van der Waals surface area contributed by atoms with E-state index in [9.17, 15) is 13.2 Å². The summed E-state index contributed by atoms with van der Waals surface area (Å²) in [4.78, 5) is 17.3. The zero-order valence-electron chi connectivity index (χ0n) is 16.9. The number of aromatic nitrogens is 1. The second-order valence-electron chi connectivity index (χ2n) is 6.95. The minimum absolute atomic E-state index is 0.0850. The summed E-state index contributed by atoms with van der Waals surface area (Å²) in [5.74, 6) is 0.183. The molecule has 0 radical (unpaired) electrons. The normalized spacial score (nSPS) is 12.5. The molecule has 0 N–H and O–H groups in total. The van der Waals surface area contributed by atoms with Gasteiger partial charge >= 0.3 is 0 Å². The number of methoxy groups -OCH3 is 1. The van der Waals surface area contributed by atoms with E-state index in [1.54, 1.807) is 12.1 Å². The zero-order chi connectivity index (χ0) is 21.2. The maximum atomic E-state index is 12.4. The van der Waals surface area contributed by atoms with Crippen LogP contribution in [0.4, 0.5) is 0 Å². The van der Waals surface area contributed by atoms with Crippen LogP contribution in [0, 0.1) is 13.8 Å². The second-order valence-corrected chi connectivity index (χ2v) is 10.1. The first kappa shape index (κ1) is 21.3. The molecule has 0 bridgehead atoms. The molecule has 0 spiro atoms. The van der Waals surface area contributed by atoms with Gasteiger partial charge in [0.25, 0.3) is 0 Å². The summed E-state index contributed by atoms with van der Waals surface area (Å²) >= 11 is 1.46. The summed E-state index contributed by atoms with van der Waals surface area (Å²) < 4.78 is 32.9. The first-order valence-electron chi connectivity index (χ1n) is 9.22. The van der Waals surface area contributed by atoms with Gasteiger partial charge in [-0.25, -0.2) is 8.42 Å². The number of hydrogen-bond acceptors (Lipinski definition) is 5. The molecular weight excluding hydrogens is 408 g/mol. The van der Waals surface area contributed by atoms with Gasteiger partial charge in [-0.1, -0.05) is 11.3 Å². The third-order valence-corrected chi connectivity index (χ3v) is 7.78. The van der Waals surface area contributed by atoms with Gasteiger partial charge in [-0.3, -0.25) is 4.79 Å². The van der Waals surface area contributed by atoms with Gasteiger partial charge in [0.1, 0.15) is 5.75 Å². The Balaban J connectivity index is 1.69.